The molecule has 0 atom stereocenters. The number of carboxylic acids is 3. The van der Waals surface area contributed by atoms with Gasteiger partial charge in [-0.3, -0.25) is 34.0 Å². The standard InChI is InChI=1S/C22H31N5O6S/c28-20(29)14-25-8-5-24(6-9-26(11-10-25)15-21(30)31)7-12-27(16-22(32)33)13-18-1-3-19(4-2-18)23-17-34/h1-4H,5-16H2,(H,28,29)(H,30,31)(H,32,33). The lowest BCUT2D eigenvalue weighted by Gasteiger charge is -2.28. The van der Waals surface area contributed by atoms with E-state index in [9.17, 15) is 29.7 Å². The first kappa shape index (κ1) is 27.5. The molecule has 3 N–H and O–H groups in total. The lowest BCUT2D eigenvalue weighted by Crippen LogP contribution is -2.42. The van der Waals surface area contributed by atoms with Crippen molar-refractivity contribution < 1.29 is 29.7 Å². The van der Waals surface area contributed by atoms with Gasteiger partial charge in [-0.1, -0.05) is 12.1 Å². The highest BCUT2D eigenvalue weighted by atomic mass is 32.1. The summed E-state index contributed by atoms with van der Waals surface area (Å²) >= 11 is 4.60. The molecule has 0 bridgehead atoms. The second-order valence-corrected chi connectivity index (χ2v) is 8.34. The zero-order valence-electron chi connectivity index (χ0n) is 19.0. The SMILES string of the molecule is O=C(O)CN1CCN(CCN(CC(=O)O)Cc2ccc(N=C=S)cc2)CCN(CC(=O)O)CC1. The third-order valence-corrected chi connectivity index (χ3v) is 5.61. The van der Waals surface area contributed by atoms with Crippen LogP contribution in [-0.4, -0.2) is 130 Å². The Labute approximate surface area is 203 Å². The second kappa shape index (κ2) is 14.5. The summed E-state index contributed by atoms with van der Waals surface area (Å²) in [6.07, 6.45) is 0. The molecule has 0 radical (unpaired) electrons. The highest BCUT2D eigenvalue weighted by molar-refractivity contribution is 7.78. The van der Waals surface area contributed by atoms with Gasteiger partial charge in [-0.25, -0.2) is 0 Å². The number of isothiocyanates is 1. The van der Waals surface area contributed by atoms with Crippen molar-refractivity contribution >= 4 is 41.0 Å². The van der Waals surface area contributed by atoms with Gasteiger partial charge >= 0.3 is 17.9 Å². The smallest absolute Gasteiger partial charge is 0.317 e. The van der Waals surface area contributed by atoms with E-state index in [2.05, 4.69) is 27.3 Å². The Hall–Kier alpha value is -2.73. The summed E-state index contributed by atoms with van der Waals surface area (Å²) in [5.74, 6) is -2.78. The van der Waals surface area contributed by atoms with E-state index < -0.39 is 17.9 Å². The van der Waals surface area contributed by atoms with Crippen molar-refractivity contribution in [3.05, 3.63) is 29.8 Å². The van der Waals surface area contributed by atoms with Crippen LogP contribution in [0.15, 0.2) is 29.3 Å². The van der Waals surface area contributed by atoms with E-state index in [0.29, 0.717) is 64.6 Å². The Balaban J connectivity index is 2.03. The fraction of sp³-hybridized carbons (Fsp3) is 0.545. The zero-order chi connectivity index (χ0) is 24.9. The highest BCUT2D eigenvalue weighted by Gasteiger charge is 2.20. The van der Waals surface area contributed by atoms with Crippen LogP contribution < -0.4 is 0 Å². The number of carboxylic acid groups (broad SMARTS) is 3. The van der Waals surface area contributed by atoms with Gasteiger partial charge < -0.3 is 15.3 Å². The number of thiocarbonyl (C=S) groups is 1. The molecule has 34 heavy (non-hydrogen) atoms. The fourth-order valence-electron chi connectivity index (χ4n) is 3.78. The first-order valence-electron chi connectivity index (χ1n) is 11.0. The first-order chi connectivity index (χ1) is 16.2. The molecule has 1 saturated heterocycles. The molecule has 1 fully saturated rings. The molecule has 2 rings (SSSR count). The van der Waals surface area contributed by atoms with Crippen LogP contribution in [0.3, 0.4) is 0 Å². The molecule has 1 aliphatic rings. The normalized spacial score (nSPS) is 16.3. The molecule has 0 saturated carbocycles. The number of benzene rings is 1. The maximum atomic E-state index is 11.4. The fourth-order valence-corrected chi connectivity index (χ4v) is 3.89. The average molecular weight is 494 g/mol. The third-order valence-electron chi connectivity index (χ3n) is 5.52. The lowest BCUT2D eigenvalue weighted by molar-refractivity contribution is -0.140. The molecule has 12 heteroatoms. The summed E-state index contributed by atoms with van der Waals surface area (Å²) in [7, 11) is 0. The Morgan fingerprint density at radius 2 is 1.35 bits per heavy atom. The van der Waals surface area contributed by atoms with E-state index in [-0.39, 0.29) is 19.6 Å². The molecule has 0 aliphatic carbocycles. The number of nitrogens with zero attached hydrogens (tertiary/aromatic N) is 5. The van der Waals surface area contributed by atoms with Crippen molar-refractivity contribution in [1.82, 2.24) is 19.6 Å². The van der Waals surface area contributed by atoms with Gasteiger partial charge in [0.1, 0.15) is 0 Å². The molecule has 0 spiro atoms. The maximum absolute atomic E-state index is 11.4. The van der Waals surface area contributed by atoms with Crippen LogP contribution >= 0.6 is 12.2 Å². The van der Waals surface area contributed by atoms with E-state index in [4.69, 9.17) is 0 Å². The minimum Gasteiger partial charge on any atom is -0.480 e. The molecule has 0 aromatic heterocycles. The molecule has 186 valence electrons. The Morgan fingerprint density at radius 1 is 0.853 bits per heavy atom. The molecular weight excluding hydrogens is 462 g/mol. The molecular formula is C22H31N5O6S. The van der Waals surface area contributed by atoms with Crippen LogP contribution in [0, 0.1) is 0 Å². The topological polar surface area (TPSA) is 137 Å². The number of hydrogen-bond acceptors (Lipinski definition) is 9. The summed E-state index contributed by atoms with van der Waals surface area (Å²) in [6.45, 7) is 4.41. The van der Waals surface area contributed by atoms with Gasteiger partial charge in [0, 0.05) is 58.9 Å². The van der Waals surface area contributed by atoms with Gasteiger partial charge in [-0.15, -0.1) is 0 Å². The Kier molecular flexibility index (Phi) is 11.7. The predicted molar refractivity (Wildman–Crippen MR) is 129 cm³/mol. The van der Waals surface area contributed by atoms with Gasteiger partial charge in [0.15, 0.2) is 0 Å². The van der Waals surface area contributed by atoms with Crippen molar-refractivity contribution in [1.29, 1.82) is 0 Å². The number of aliphatic carboxylic acids is 3. The van der Waals surface area contributed by atoms with E-state index in [0.717, 1.165) is 5.56 Å². The summed E-state index contributed by atoms with van der Waals surface area (Å²) < 4.78 is 0. The van der Waals surface area contributed by atoms with E-state index >= 15 is 0 Å². The van der Waals surface area contributed by atoms with Crippen LogP contribution in [0.5, 0.6) is 0 Å². The molecule has 1 aromatic carbocycles. The van der Waals surface area contributed by atoms with Crippen molar-refractivity contribution in [3.8, 4) is 0 Å². The predicted octanol–water partition coefficient (Wildman–Crippen LogP) is 0.396. The van der Waals surface area contributed by atoms with E-state index in [1.165, 1.54) is 0 Å². The third kappa shape index (κ3) is 10.9. The minimum atomic E-state index is -0.925. The Bertz CT molecular complexity index is 849. The largest absolute Gasteiger partial charge is 0.480 e. The molecule has 1 aromatic rings. The summed E-state index contributed by atoms with van der Waals surface area (Å²) in [5, 5.41) is 30.0. The highest BCUT2D eigenvalue weighted by Crippen LogP contribution is 2.14. The first-order valence-corrected chi connectivity index (χ1v) is 11.4. The second-order valence-electron chi connectivity index (χ2n) is 8.16. The quantitative estimate of drug-likeness (QED) is 0.275. The molecule has 11 nitrogen and oxygen atoms in total. The van der Waals surface area contributed by atoms with Crippen molar-refractivity contribution in [3.63, 3.8) is 0 Å². The number of rotatable bonds is 12. The number of aliphatic imine (C=N–C) groups is 1. The summed E-state index contributed by atoms with van der Waals surface area (Å²) in [6, 6.07) is 7.33. The zero-order valence-corrected chi connectivity index (χ0v) is 19.8. The van der Waals surface area contributed by atoms with Crippen LogP contribution in [-0.2, 0) is 20.9 Å². The van der Waals surface area contributed by atoms with E-state index in [1.807, 2.05) is 17.0 Å². The molecule has 1 aliphatic heterocycles. The maximum Gasteiger partial charge on any atom is 0.317 e. The Morgan fingerprint density at radius 3 is 1.79 bits per heavy atom. The van der Waals surface area contributed by atoms with Gasteiger partial charge in [-0.2, -0.15) is 4.99 Å². The summed E-state index contributed by atoms with van der Waals surface area (Å²) in [4.78, 5) is 45.3. The summed E-state index contributed by atoms with van der Waals surface area (Å²) in [5.41, 5.74) is 1.62. The molecule has 1 heterocycles. The van der Waals surface area contributed by atoms with Crippen LogP contribution in [0.4, 0.5) is 5.69 Å². The van der Waals surface area contributed by atoms with E-state index in [1.54, 1.807) is 21.9 Å². The van der Waals surface area contributed by atoms with Gasteiger partial charge in [0.25, 0.3) is 0 Å². The van der Waals surface area contributed by atoms with Crippen LogP contribution in [0.1, 0.15) is 5.56 Å². The van der Waals surface area contributed by atoms with Gasteiger partial charge in [-0.05, 0) is 29.9 Å². The lowest BCUT2D eigenvalue weighted by atomic mass is 10.2. The van der Waals surface area contributed by atoms with Crippen molar-refractivity contribution in [2.75, 3.05) is 72.0 Å². The van der Waals surface area contributed by atoms with Crippen molar-refractivity contribution in [2.24, 2.45) is 4.99 Å². The van der Waals surface area contributed by atoms with Crippen molar-refractivity contribution in [2.45, 2.75) is 6.54 Å². The monoisotopic (exact) mass is 493 g/mol. The molecule has 0 amide bonds. The van der Waals surface area contributed by atoms with Gasteiger partial charge in [0.05, 0.1) is 30.5 Å². The average Bonchev–Trinajstić information content (AvgIpc) is 2.84. The van der Waals surface area contributed by atoms with Crippen LogP contribution in [0.2, 0.25) is 0 Å². The minimum absolute atomic E-state index is 0.108. The number of hydrogen-bond donors (Lipinski definition) is 3. The number of carbonyl (C=O) groups is 3. The van der Waals surface area contributed by atoms with Crippen LogP contribution in [0.25, 0.3) is 0 Å². The molecule has 0 unspecified atom stereocenters. The van der Waals surface area contributed by atoms with Gasteiger partial charge in [0.2, 0.25) is 0 Å².